The van der Waals surface area contributed by atoms with Gasteiger partial charge in [-0.1, -0.05) is 67.8 Å². The van der Waals surface area contributed by atoms with Crippen LogP contribution in [0.4, 0.5) is 0 Å². The van der Waals surface area contributed by atoms with E-state index in [-0.39, 0.29) is 12.0 Å². The van der Waals surface area contributed by atoms with Crippen molar-refractivity contribution in [3.8, 4) is 11.1 Å². The van der Waals surface area contributed by atoms with Crippen molar-refractivity contribution in [1.82, 2.24) is 4.98 Å². The fourth-order valence-electron chi connectivity index (χ4n) is 6.27. The van der Waals surface area contributed by atoms with Gasteiger partial charge in [-0.3, -0.25) is 9.98 Å². The zero-order chi connectivity index (χ0) is 26.5. The molecule has 0 amide bonds. The minimum absolute atomic E-state index is 0.0917. The molecule has 2 atom stereocenters. The first-order chi connectivity index (χ1) is 19.1. The number of hydrogen-bond donors (Lipinski definition) is 0. The molecule has 0 fully saturated rings. The van der Waals surface area contributed by atoms with Crippen LogP contribution in [0.1, 0.15) is 47.9 Å². The molecular weight excluding hydrogens is 478 g/mol. The molecule has 4 nitrogen and oxygen atoms in total. The molecule has 2 aliphatic heterocycles. The first-order valence-corrected chi connectivity index (χ1v) is 13.5. The van der Waals surface area contributed by atoms with Gasteiger partial charge in [-0.25, -0.2) is 4.98 Å². The first kappa shape index (κ1) is 23.5. The molecule has 5 aromatic rings. The van der Waals surface area contributed by atoms with Gasteiger partial charge in [-0.2, -0.15) is 0 Å². The molecule has 0 N–H and O–H groups in total. The van der Waals surface area contributed by atoms with Crippen LogP contribution < -0.4 is 0 Å². The number of nitrogens with zero attached hydrogens (tertiary/aromatic N) is 3. The maximum absolute atomic E-state index is 6.28. The predicted octanol–water partition coefficient (Wildman–Crippen LogP) is 8.45. The number of aliphatic imine (C=N–C) groups is 2. The van der Waals surface area contributed by atoms with Crippen molar-refractivity contribution in [2.45, 2.75) is 38.1 Å². The Hall–Kier alpha value is -4.57. The number of hydrogen-bond acceptors (Lipinski definition) is 4. The van der Waals surface area contributed by atoms with Gasteiger partial charge in [0.05, 0.1) is 11.8 Å². The molecule has 39 heavy (non-hydrogen) atoms. The second-order valence-corrected chi connectivity index (χ2v) is 10.5. The summed E-state index contributed by atoms with van der Waals surface area (Å²) in [6.45, 7) is 10.5. The quantitative estimate of drug-likeness (QED) is 0.241. The van der Waals surface area contributed by atoms with Crippen LogP contribution in [0.5, 0.6) is 0 Å². The summed E-state index contributed by atoms with van der Waals surface area (Å²) in [6, 6.07) is 25.6. The summed E-state index contributed by atoms with van der Waals surface area (Å²) in [7, 11) is 0. The van der Waals surface area contributed by atoms with E-state index in [9.17, 15) is 0 Å². The Morgan fingerprint density at radius 3 is 2.59 bits per heavy atom. The zero-order valence-corrected chi connectivity index (χ0v) is 22.0. The third-order valence-corrected chi connectivity index (χ3v) is 8.14. The lowest BCUT2D eigenvalue weighted by molar-refractivity contribution is 0.490. The normalized spacial score (nSPS) is 19.1. The third-order valence-electron chi connectivity index (χ3n) is 8.14. The Balaban J connectivity index is 1.36. The second-order valence-electron chi connectivity index (χ2n) is 10.5. The molecule has 4 heteroatoms. The molecule has 0 spiro atoms. The monoisotopic (exact) mass is 507 g/mol. The largest absolute Gasteiger partial charge is 0.438 e. The molecule has 2 aromatic heterocycles. The Morgan fingerprint density at radius 1 is 0.923 bits per heavy atom. The molecule has 0 saturated carbocycles. The van der Waals surface area contributed by atoms with E-state index in [0.717, 1.165) is 69.4 Å². The molecular formula is C35H29N3O. The van der Waals surface area contributed by atoms with Crippen LogP contribution in [0.25, 0.3) is 33.2 Å². The van der Waals surface area contributed by atoms with Crippen LogP contribution in [0.3, 0.4) is 0 Å². The van der Waals surface area contributed by atoms with E-state index in [1.807, 2.05) is 30.5 Å². The van der Waals surface area contributed by atoms with E-state index in [1.165, 1.54) is 16.7 Å². The van der Waals surface area contributed by atoms with Crippen molar-refractivity contribution in [3.05, 3.63) is 126 Å². The van der Waals surface area contributed by atoms with Gasteiger partial charge in [0.1, 0.15) is 5.58 Å². The van der Waals surface area contributed by atoms with Crippen LogP contribution in [0.2, 0.25) is 0 Å². The predicted molar refractivity (Wildman–Crippen MR) is 161 cm³/mol. The molecule has 3 aromatic carbocycles. The number of aromatic nitrogens is 1. The molecule has 0 aliphatic carbocycles. The van der Waals surface area contributed by atoms with Gasteiger partial charge in [0, 0.05) is 51.8 Å². The maximum Gasteiger partial charge on any atom is 0.227 e. The average molecular weight is 508 g/mol. The van der Waals surface area contributed by atoms with Crippen molar-refractivity contribution in [3.63, 3.8) is 0 Å². The molecule has 0 saturated heterocycles. The highest BCUT2D eigenvalue weighted by molar-refractivity contribution is 6.11. The van der Waals surface area contributed by atoms with Gasteiger partial charge >= 0.3 is 0 Å². The first-order valence-electron chi connectivity index (χ1n) is 13.5. The van der Waals surface area contributed by atoms with Gasteiger partial charge in [0.2, 0.25) is 5.71 Å². The van der Waals surface area contributed by atoms with Crippen LogP contribution in [0, 0.1) is 0 Å². The molecule has 190 valence electrons. The summed E-state index contributed by atoms with van der Waals surface area (Å²) < 4.78 is 6.28. The summed E-state index contributed by atoms with van der Waals surface area (Å²) in [5, 5.41) is 2.08. The highest BCUT2D eigenvalue weighted by atomic mass is 16.3. The summed E-state index contributed by atoms with van der Waals surface area (Å²) in [5.74, 6) is 0.282. The third kappa shape index (κ3) is 4.04. The van der Waals surface area contributed by atoms with Gasteiger partial charge in [-0.15, -0.1) is 0 Å². The van der Waals surface area contributed by atoms with Gasteiger partial charge in [0.15, 0.2) is 0 Å². The Bertz CT molecular complexity index is 1840. The van der Waals surface area contributed by atoms with Crippen LogP contribution in [-0.2, 0) is 6.42 Å². The van der Waals surface area contributed by atoms with Crippen LogP contribution in [0.15, 0.2) is 118 Å². The van der Waals surface area contributed by atoms with E-state index < -0.39 is 0 Å². The molecule has 7 rings (SSSR count). The lowest BCUT2D eigenvalue weighted by atomic mass is 9.78. The number of allylic oxidation sites excluding steroid dienone is 1. The molecule has 0 radical (unpaired) electrons. The minimum Gasteiger partial charge on any atom is -0.438 e. The van der Waals surface area contributed by atoms with Crippen molar-refractivity contribution in [2.24, 2.45) is 9.98 Å². The van der Waals surface area contributed by atoms with E-state index in [0.29, 0.717) is 5.71 Å². The average Bonchev–Trinajstić information content (AvgIpc) is 3.32. The van der Waals surface area contributed by atoms with Gasteiger partial charge in [-0.05, 0) is 66.3 Å². The van der Waals surface area contributed by atoms with E-state index in [2.05, 4.69) is 79.7 Å². The maximum atomic E-state index is 6.28. The zero-order valence-electron chi connectivity index (χ0n) is 22.0. The van der Waals surface area contributed by atoms with E-state index >= 15 is 0 Å². The number of fused-ring (bicyclic) bond motifs is 7. The summed E-state index contributed by atoms with van der Waals surface area (Å²) in [5.41, 5.74) is 11.4. The molecule has 4 heterocycles. The SMILES string of the molecule is C=CC1=NC2CC(=C)N=C(C)c3cc4c(cc3CCC2c2ccccc21)oc1ncc(-c2ccccc2)cc14. The summed E-state index contributed by atoms with van der Waals surface area (Å²) >= 11 is 0. The lowest BCUT2D eigenvalue weighted by Crippen LogP contribution is -2.27. The van der Waals surface area contributed by atoms with Crippen molar-refractivity contribution >= 4 is 33.5 Å². The van der Waals surface area contributed by atoms with E-state index in [4.69, 9.17) is 14.4 Å². The number of aryl methyl sites for hydroxylation is 1. The van der Waals surface area contributed by atoms with Crippen molar-refractivity contribution < 1.29 is 4.42 Å². The minimum atomic E-state index is 0.0917. The van der Waals surface area contributed by atoms with Crippen LogP contribution >= 0.6 is 0 Å². The van der Waals surface area contributed by atoms with E-state index in [1.54, 1.807) is 0 Å². The fraction of sp³-hybridized carbons (Fsp3) is 0.171. The Kier molecular flexibility index (Phi) is 5.62. The molecule has 2 aliphatic rings. The topological polar surface area (TPSA) is 50.8 Å². The fourth-order valence-corrected chi connectivity index (χ4v) is 6.27. The smallest absolute Gasteiger partial charge is 0.227 e. The Labute approximate surface area is 228 Å². The Morgan fingerprint density at radius 2 is 1.74 bits per heavy atom. The van der Waals surface area contributed by atoms with Crippen LogP contribution in [-0.4, -0.2) is 22.4 Å². The molecule has 2 unspecified atom stereocenters. The second kappa shape index (κ2) is 9.32. The molecule has 0 bridgehead atoms. The number of pyridine rings is 1. The lowest BCUT2D eigenvalue weighted by Gasteiger charge is -2.32. The standard InChI is InChI=1S/C35H29N3O/c1-4-32-27-13-9-8-12-26(27)28-15-14-24-18-34-30(19-29(24)22(3)37-21(2)16-33(28)38-32)31-17-25(20-36-35(31)39-34)23-10-6-5-7-11-23/h4-13,17-20,28,33H,1-2,14-16H2,3H3. The number of furan rings is 1. The van der Waals surface area contributed by atoms with Crippen molar-refractivity contribution in [1.29, 1.82) is 0 Å². The number of rotatable bonds is 2. The van der Waals surface area contributed by atoms with Crippen molar-refractivity contribution in [2.75, 3.05) is 0 Å². The summed E-state index contributed by atoms with van der Waals surface area (Å²) in [6.07, 6.45) is 6.37. The highest BCUT2D eigenvalue weighted by Crippen LogP contribution is 2.39. The van der Waals surface area contributed by atoms with Gasteiger partial charge in [0.25, 0.3) is 0 Å². The van der Waals surface area contributed by atoms with Gasteiger partial charge < -0.3 is 4.42 Å². The summed E-state index contributed by atoms with van der Waals surface area (Å²) in [4.78, 5) is 14.8. The highest BCUT2D eigenvalue weighted by Gasteiger charge is 2.31. The number of benzene rings is 3.